The van der Waals surface area contributed by atoms with Gasteiger partial charge in [-0.05, 0) is 35.7 Å². The zero-order valence-electron chi connectivity index (χ0n) is 10.8. The molecule has 1 atom stereocenters. The van der Waals surface area contributed by atoms with Gasteiger partial charge in [0.15, 0.2) is 0 Å². The van der Waals surface area contributed by atoms with Crippen LogP contribution in [-0.4, -0.2) is 6.36 Å². The lowest BCUT2D eigenvalue weighted by atomic mass is 10.0. The number of rotatable bonds is 3. The molecule has 2 aromatic carbocycles. The summed E-state index contributed by atoms with van der Waals surface area (Å²) in [5.41, 5.74) is 8.18. The van der Waals surface area contributed by atoms with E-state index in [0.717, 1.165) is 11.1 Å². The average Bonchev–Trinajstić information content (AvgIpc) is 2.37. The molecule has 2 rings (SSSR count). The van der Waals surface area contributed by atoms with E-state index in [2.05, 4.69) is 4.74 Å². The van der Waals surface area contributed by atoms with Gasteiger partial charge in [0.25, 0.3) is 0 Å². The van der Waals surface area contributed by atoms with Crippen LogP contribution in [0.15, 0.2) is 48.5 Å². The number of ether oxygens (including phenoxy) is 1. The van der Waals surface area contributed by atoms with Crippen molar-refractivity contribution in [1.82, 2.24) is 0 Å². The van der Waals surface area contributed by atoms with Crippen molar-refractivity contribution in [2.45, 2.75) is 19.3 Å². The van der Waals surface area contributed by atoms with Crippen molar-refractivity contribution in [3.8, 4) is 16.9 Å². The summed E-state index contributed by atoms with van der Waals surface area (Å²) >= 11 is 0. The molecule has 2 N–H and O–H groups in total. The van der Waals surface area contributed by atoms with Gasteiger partial charge in [0.05, 0.1) is 0 Å². The molecule has 0 aliphatic rings. The highest BCUT2D eigenvalue weighted by atomic mass is 19.4. The lowest BCUT2D eigenvalue weighted by molar-refractivity contribution is -0.274. The highest BCUT2D eigenvalue weighted by molar-refractivity contribution is 5.65. The second-order valence-corrected chi connectivity index (χ2v) is 4.49. The molecule has 0 aromatic heterocycles. The Kier molecular flexibility index (Phi) is 3.99. The Balaban J connectivity index is 2.26. The first kappa shape index (κ1) is 14.4. The van der Waals surface area contributed by atoms with Crippen LogP contribution in [-0.2, 0) is 0 Å². The Morgan fingerprint density at radius 1 is 1.00 bits per heavy atom. The van der Waals surface area contributed by atoms with Crippen molar-refractivity contribution in [2.24, 2.45) is 5.73 Å². The Hall–Kier alpha value is -2.01. The van der Waals surface area contributed by atoms with Gasteiger partial charge in [0.2, 0.25) is 0 Å². The monoisotopic (exact) mass is 281 g/mol. The maximum absolute atomic E-state index is 12.2. The molecule has 0 unspecified atom stereocenters. The van der Waals surface area contributed by atoms with E-state index < -0.39 is 6.36 Å². The highest BCUT2D eigenvalue weighted by Crippen LogP contribution is 2.28. The number of nitrogens with two attached hydrogens (primary N) is 1. The van der Waals surface area contributed by atoms with E-state index in [-0.39, 0.29) is 11.8 Å². The van der Waals surface area contributed by atoms with Crippen molar-refractivity contribution in [2.75, 3.05) is 0 Å². The molecule has 0 radical (unpaired) electrons. The molecule has 0 saturated carbocycles. The summed E-state index contributed by atoms with van der Waals surface area (Å²) in [7, 11) is 0. The van der Waals surface area contributed by atoms with Gasteiger partial charge in [-0.2, -0.15) is 0 Å². The zero-order chi connectivity index (χ0) is 14.8. The molecule has 0 aliphatic heterocycles. The second-order valence-electron chi connectivity index (χ2n) is 4.49. The number of alkyl halides is 3. The first-order valence-corrected chi connectivity index (χ1v) is 6.07. The second kappa shape index (κ2) is 5.54. The molecule has 0 spiro atoms. The topological polar surface area (TPSA) is 35.2 Å². The molecule has 0 fully saturated rings. The van der Waals surface area contributed by atoms with Crippen LogP contribution in [0.25, 0.3) is 11.1 Å². The van der Waals surface area contributed by atoms with Gasteiger partial charge in [0, 0.05) is 6.04 Å². The normalized spacial score (nSPS) is 13.1. The first-order chi connectivity index (χ1) is 9.35. The Morgan fingerprint density at radius 2 is 1.65 bits per heavy atom. The summed E-state index contributed by atoms with van der Waals surface area (Å²) in [6.07, 6.45) is -4.68. The quantitative estimate of drug-likeness (QED) is 0.911. The predicted octanol–water partition coefficient (Wildman–Crippen LogP) is 4.27. The summed E-state index contributed by atoms with van der Waals surface area (Å²) in [5, 5.41) is 0. The van der Waals surface area contributed by atoms with Gasteiger partial charge in [-0.3, -0.25) is 0 Å². The molecule has 0 bridgehead atoms. The summed E-state index contributed by atoms with van der Waals surface area (Å²) in [5.74, 6) is -0.230. The SMILES string of the molecule is C[C@H](N)c1ccc(-c2cccc(OC(F)(F)F)c2)cc1. The van der Waals surface area contributed by atoms with E-state index in [4.69, 9.17) is 5.73 Å². The summed E-state index contributed by atoms with van der Waals surface area (Å²) in [6, 6.07) is 13.2. The molecule has 20 heavy (non-hydrogen) atoms. The minimum absolute atomic E-state index is 0.0797. The molecular formula is C15H14F3NO. The van der Waals surface area contributed by atoms with Crippen molar-refractivity contribution in [3.05, 3.63) is 54.1 Å². The fourth-order valence-corrected chi connectivity index (χ4v) is 1.85. The van der Waals surface area contributed by atoms with Crippen molar-refractivity contribution >= 4 is 0 Å². The van der Waals surface area contributed by atoms with Gasteiger partial charge >= 0.3 is 6.36 Å². The third-order valence-corrected chi connectivity index (χ3v) is 2.84. The minimum atomic E-state index is -4.68. The summed E-state index contributed by atoms with van der Waals surface area (Å²) in [6.45, 7) is 1.87. The van der Waals surface area contributed by atoms with Crippen molar-refractivity contribution in [3.63, 3.8) is 0 Å². The standard InChI is InChI=1S/C15H14F3NO/c1-10(19)11-5-7-12(8-6-11)13-3-2-4-14(9-13)20-15(16,17)18/h2-10H,19H2,1H3/t10-/m0/s1. The van der Waals surface area contributed by atoms with Gasteiger partial charge in [-0.15, -0.1) is 13.2 Å². The minimum Gasteiger partial charge on any atom is -0.406 e. The third kappa shape index (κ3) is 3.74. The van der Waals surface area contributed by atoms with Crippen molar-refractivity contribution < 1.29 is 17.9 Å². The lowest BCUT2D eigenvalue weighted by Crippen LogP contribution is -2.17. The highest BCUT2D eigenvalue weighted by Gasteiger charge is 2.31. The van der Waals surface area contributed by atoms with E-state index in [9.17, 15) is 13.2 Å². The fraction of sp³-hybridized carbons (Fsp3) is 0.200. The molecule has 2 nitrogen and oxygen atoms in total. The van der Waals surface area contributed by atoms with Gasteiger partial charge < -0.3 is 10.5 Å². The first-order valence-electron chi connectivity index (χ1n) is 6.07. The summed E-state index contributed by atoms with van der Waals surface area (Å²) < 4.78 is 40.4. The molecule has 106 valence electrons. The van der Waals surface area contributed by atoms with Gasteiger partial charge in [0.1, 0.15) is 5.75 Å². The molecule has 0 amide bonds. The molecule has 0 aliphatic carbocycles. The smallest absolute Gasteiger partial charge is 0.406 e. The number of hydrogen-bond acceptors (Lipinski definition) is 2. The molecular weight excluding hydrogens is 267 g/mol. The van der Waals surface area contributed by atoms with E-state index in [0.29, 0.717) is 5.56 Å². The average molecular weight is 281 g/mol. The Morgan fingerprint density at radius 3 is 2.20 bits per heavy atom. The van der Waals surface area contributed by atoms with Crippen LogP contribution in [0.2, 0.25) is 0 Å². The van der Waals surface area contributed by atoms with Crippen LogP contribution in [0.1, 0.15) is 18.5 Å². The summed E-state index contributed by atoms with van der Waals surface area (Å²) in [4.78, 5) is 0. The van der Waals surface area contributed by atoms with E-state index in [1.165, 1.54) is 18.2 Å². The number of halogens is 3. The maximum Gasteiger partial charge on any atom is 0.573 e. The fourth-order valence-electron chi connectivity index (χ4n) is 1.85. The van der Waals surface area contributed by atoms with E-state index in [1.54, 1.807) is 6.07 Å². The van der Waals surface area contributed by atoms with Crippen LogP contribution < -0.4 is 10.5 Å². The molecule has 5 heteroatoms. The zero-order valence-corrected chi connectivity index (χ0v) is 10.8. The Bertz CT molecular complexity index is 576. The van der Waals surface area contributed by atoms with Crippen LogP contribution in [0.5, 0.6) is 5.75 Å². The van der Waals surface area contributed by atoms with E-state index in [1.807, 2.05) is 31.2 Å². The van der Waals surface area contributed by atoms with Crippen LogP contribution >= 0.6 is 0 Å². The third-order valence-electron chi connectivity index (χ3n) is 2.84. The largest absolute Gasteiger partial charge is 0.573 e. The number of hydrogen-bond donors (Lipinski definition) is 1. The maximum atomic E-state index is 12.2. The molecule has 2 aromatic rings. The van der Waals surface area contributed by atoms with Crippen LogP contribution in [0.3, 0.4) is 0 Å². The molecule has 0 saturated heterocycles. The predicted molar refractivity (Wildman–Crippen MR) is 71.2 cm³/mol. The van der Waals surface area contributed by atoms with Crippen molar-refractivity contribution in [1.29, 1.82) is 0 Å². The Labute approximate surface area is 115 Å². The van der Waals surface area contributed by atoms with Crippen LogP contribution in [0.4, 0.5) is 13.2 Å². The van der Waals surface area contributed by atoms with Gasteiger partial charge in [-0.25, -0.2) is 0 Å². The number of benzene rings is 2. The molecule has 0 heterocycles. The lowest BCUT2D eigenvalue weighted by Gasteiger charge is -2.11. The van der Waals surface area contributed by atoms with E-state index >= 15 is 0 Å². The van der Waals surface area contributed by atoms with Gasteiger partial charge in [-0.1, -0.05) is 36.4 Å². The van der Waals surface area contributed by atoms with Crippen LogP contribution in [0, 0.1) is 0 Å².